The van der Waals surface area contributed by atoms with Crippen LogP contribution in [0.15, 0.2) is 48.8 Å². The Morgan fingerprint density at radius 3 is 2.50 bits per heavy atom. The molecule has 0 aliphatic heterocycles. The molecular weight excluding hydrogens is 340 g/mol. The maximum absolute atomic E-state index is 13.4. The Balaban J connectivity index is 1.97. The Hall–Kier alpha value is -3.13. The molecule has 0 saturated heterocycles. The minimum Gasteiger partial charge on any atom is -0.394 e. The van der Waals surface area contributed by atoms with Gasteiger partial charge in [-0.1, -0.05) is 0 Å². The monoisotopic (exact) mass is 357 g/mol. The first-order chi connectivity index (χ1) is 12.5. The van der Waals surface area contributed by atoms with Gasteiger partial charge in [-0.05, 0) is 31.2 Å². The summed E-state index contributed by atoms with van der Waals surface area (Å²) in [5.41, 5.74) is 1.78. The first-order valence-electron chi connectivity index (χ1n) is 7.94. The second-order valence-corrected chi connectivity index (χ2v) is 5.68. The zero-order chi connectivity index (χ0) is 18.5. The first kappa shape index (κ1) is 17.7. The van der Waals surface area contributed by atoms with Crippen molar-refractivity contribution in [3.8, 4) is 11.3 Å². The van der Waals surface area contributed by atoms with Crippen molar-refractivity contribution < 1.29 is 13.9 Å². The van der Waals surface area contributed by atoms with Crippen molar-refractivity contribution in [3.63, 3.8) is 0 Å². The van der Waals surface area contributed by atoms with Crippen LogP contribution in [0, 0.1) is 11.6 Å². The van der Waals surface area contributed by atoms with E-state index in [4.69, 9.17) is 0 Å². The third-order valence-electron chi connectivity index (χ3n) is 3.54. The average molecular weight is 357 g/mol. The molecule has 0 unspecified atom stereocenters. The quantitative estimate of drug-likeness (QED) is 0.628. The fourth-order valence-corrected chi connectivity index (χ4v) is 2.23. The lowest BCUT2D eigenvalue weighted by Crippen LogP contribution is -2.21. The number of aromatic nitrogens is 3. The van der Waals surface area contributed by atoms with Crippen LogP contribution >= 0.6 is 0 Å². The standard InChI is InChI=1S/C18H17F2N5O/c1-11(10-26)22-18-24-16(12-4-6-21-7-5-12)9-17(25-18)23-13-2-3-14(19)15(20)8-13/h2-9,11,26H,10H2,1H3,(H2,22,23,24,25)/t11-/m0/s1. The number of nitrogens with one attached hydrogen (secondary N) is 2. The van der Waals surface area contributed by atoms with Crippen LogP contribution in [0.3, 0.4) is 0 Å². The lowest BCUT2D eigenvalue weighted by Gasteiger charge is -2.14. The van der Waals surface area contributed by atoms with E-state index in [1.54, 1.807) is 37.5 Å². The van der Waals surface area contributed by atoms with Crippen LogP contribution in [0.1, 0.15) is 6.92 Å². The minimum absolute atomic E-state index is 0.0885. The molecule has 3 rings (SSSR count). The number of rotatable bonds is 6. The summed E-state index contributed by atoms with van der Waals surface area (Å²) in [6.45, 7) is 1.69. The molecule has 2 heterocycles. The second-order valence-electron chi connectivity index (χ2n) is 5.68. The highest BCUT2D eigenvalue weighted by molar-refractivity contribution is 5.67. The van der Waals surface area contributed by atoms with Gasteiger partial charge in [0.25, 0.3) is 0 Å². The molecule has 8 heteroatoms. The Labute approximate surface area is 149 Å². The highest BCUT2D eigenvalue weighted by atomic mass is 19.2. The SMILES string of the molecule is C[C@@H](CO)Nc1nc(Nc2ccc(F)c(F)c2)cc(-c2ccncc2)n1. The molecule has 134 valence electrons. The van der Waals surface area contributed by atoms with Crippen molar-refractivity contribution in [3.05, 3.63) is 60.4 Å². The molecular formula is C18H17F2N5O. The zero-order valence-corrected chi connectivity index (χ0v) is 13.9. The Bertz CT molecular complexity index is 892. The van der Waals surface area contributed by atoms with Gasteiger partial charge in [0.2, 0.25) is 5.95 Å². The van der Waals surface area contributed by atoms with Crippen LogP contribution in [-0.2, 0) is 0 Å². The Morgan fingerprint density at radius 1 is 1.04 bits per heavy atom. The minimum atomic E-state index is -0.953. The van der Waals surface area contributed by atoms with Gasteiger partial charge in [0.05, 0.1) is 12.3 Å². The number of anilines is 3. The molecule has 0 aliphatic carbocycles. The van der Waals surface area contributed by atoms with E-state index >= 15 is 0 Å². The summed E-state index contributed by atoms with van der Waals surface area (Å²) in [7, 11) is 0. The second kappa shape index (κ2) is 7.83. The van der Waals surface area contributed by atoms with Crippen LogP contribution < -0.4 is 10.6 Å². The number of hydrogen-bond donors (Lipinski definition) is 3. The van der Waals surface area contributed by atoms with Gasteiger partial charge in [-0.2, -0.15) is 4.98 Å². The fraction of sp³-hybridized carbons (Fsp3) is 0.167. The van der Waals surface area contributed by atoms with Crippen molar-refractivity contribution in [2.24, 2.45) is 0 Å². The molecule has 0 saturated carbocycles. The van der Waals surface area contributed by atoms with E-state index in [-0.39, 0.29) is 12.6 Å². The molecule has 2 aromatic heterocycles. The number of pyridine rings is 1. The number of aliphatic hydroxyl groups is 1. The Kier molecular flexibility index (Phi) is 5.33. The highest BCUT2D eigenvalue weighted by Crippen LogP contribution is 2.24. The summed E-state index contributed by atoms with van der Waals surface area (Å²) < 4.78 is 26.5. The molecule has 1 atom stereocenters. The lowest BCUT2D eigenvalue weighted by atomic mass is 10.2. The third kappa shape index (κ3) is 4.28. The van der Waals surface area contributed by atoms with Gasteiger partial charge in [-0.15, -0.1) is 0 Å². The maximum Gasteiger partial charge on any atom is 0.225 e. The van der Waals surface area contributed by atoms with Crippen LogP contribution in [0.4, 0.5) is 26.2 Å². The molecule has 3 N–H and O–H groups in total. The predicted molar refractivity (Wildman–Crippen MR) is 95.1 cm³/mol. The summed E-state index contributed by atoms with van der Waals surface area (Å²) in [4.78, 5) is 12.7. The maximum atomic E-state index is 13.4. The van der Waals surface area contributed by atoms with Gasteiger partial charge in [0.15, 0.2) is 11.6 Å². The molecule has 6 nitrogen and oxygen atoms in total. The van der Waals surface area contributed by atoms with E-state index < -0.39 is 11.6 Å². The summed E-state index contributed by atoms with van der Waals surface area (Å²) in [6.07, 6.45) is 3.28. The van der Waals surface area contributed by atoms with E-state index in [0.29, 0.717) is 23.1 Å². The van der Waals surface area contributed by atoms with Gasteiger partial charge >= 0.3 is 0 Å². The van der Waals surface area contributed by atoms with Crippen molar-refractivity contribution in [1.82, 2.24) is 15.0 Å². The van der Waals surface area contributed by atoms with Gasteiger partial charge in [-0.3, -0.25) is 4.98 Å². The summed E-state index contributed by atoms with van der Waals surface area (Å²) >= 11 is 0. The molecule has 26 heavy (non-hydrogen) atoms. The number of benzene rings is 1. The topological polar surface area (TPSA) is 83.0 Å². The van der Waals surface area contributed by atoms with Crippen LogP contribution in [0.25, 0.3) is 11.3 Å². The summed E-state index contributed by atoms with van der Waals surface area (Å²) in [5, 5.41) is 15.1. The van der Waals surface area contributed by atoms with Gasteiger partial charge < -0.3 is 15.7 Å². The highest BCUT2D eigenvalue weighted by Gasteiger charge is 2.10. The first-order valence-corrected chi connectivity index (χ1v) is 7.94. The lowest BCUT2D eigenvalue weighted by molar-refractivity contribution is 0.281. The summed E-state index contributed by atoms with van der Waals surface area (Å²) in [6, 6.07) is 8.52. The van der Waals surface area contributed by atoms with Crippen molar-refractivity contribution >= 4 is 17.5 Å². The fourth-order valence-electron chi connectivity index (χ4n) is 2.23. The largest absolute Gasteiger partial charge is 0.394 e. The molecule has 0 spiro atoms. The molecule has 0 bridgehead atoms. The van der Waals surface area contributed by atoms with Gasteiger partial charge in [-0.25, -0.2) is 13.8 Å². The number of halogens is 2. The van der Waals surface area contributed by atoms with Crippen molar-refractivity contribution in [2.75, 3.05) is 17.2 Å². The average Bonchev–Trinajstić information content (AvgIpc) is 2.65. The molecule has 0 radical (unpaired) electrons. The van der Waals surface area contributed by atoms with Crippen molar-refractivity contribution in [2.45, 2.75) is 13.0 Å². The van der Waals surface area contributed by atoms with Crippen LogP contribution in [0.2, 0.25) is 0 Å². The molecule has 1 aromatic carbocycles. The van der Waals surface area contributed by atoms with Gasteiger partial charge in [0, 0.05) is 41.8 Å². The van der Waals surface area contributed by atoms with Gasteiger partial charge in [0.1, 0.15) is 5.82 Å². The zero-order valence-electron chi connectivity index (χ0n) is 13.9. The summed E-state index contributed by atoms with van der Waals surface area (Å²) in [5.74, 6) is -1.18. The Morgan fingerprint density at radius 2 is 1.81 bits per heavy atom. The van der Waals surface area contributed by atoms with E-state index in [0.717, 1.165) is 17.7 Å². The number of aliphatic hydroxyl groups excluding tert-OH is 1. The van der Waals surface area contributed by atoms with E-state index in [9.17, 15) is 13.9 Å². The predicted octanol–water partition coefficient (Wildman–Crippen LogP) is 3.35. The smallest absolute Gasteiger partial charge is 0.225 e. The van der Waals surface area contributed by atoms with E-state index in [2.05, 4.69) is 25.6 Å². The van der Waals surface area contributed by atoms with Crippen LogP contribution in [0.5, 0.6) is 0 Å². The normalized spacial score (nSPS) is 11.8. The molecule has 0 amide bonds. The third-order valence-corrected chi connectivity index (χ3v) is 3.54. The number of nitrogens with zero attached hydrogens (tertiary/aromatic N) is 3. The number of hydrogen-bond acceptors (Lipinski definition) is 6. The van der Waals surface area contributed by atoms with E-state index in [1.807, 2.05) is 0 Å². The molecule has 0 aliphatic rings. The molecule has 3 aromatic rings. The van der Waals surface area contributed by atoms with Crippen molar-refractivity contribution in [1.29, 1.82) is 0 Å². The van der Waals surface area contributed by atoms with Crippen LogP contribution in [-0.4, -0.2) is 32.7 Å². The van der Waals surface area contributed by atoms with E-state index in [1.165, 1.54) is 6.07 Å². The molecule has 0 fully saturated rings.